The third-order valence-corrected chi connectivity index (χ3v) is 6.78. The Morgan fingerprint density at radius 3 is 2.75 bits per heavy atom. The predicted octanol–water partition coefficient (Wildman–Crippen LogP) is 2.69. The highest BCUT2D eigenvalue weighted by atomic mass is 32.1. The second-order valence-corrected chi connectivity index (χ2v) is 9.59. The summed E-state index contributed by atoms with van der Waals surface area (Å²) in [5.41, 5.74) is 1.96. The summed E-state index contributed by atoms with van der Waals surface area (Å²) in [6.45, 7) is 0.644. The number of carbonyl (C=O) groups is 4. The number of carbonyl (C=O) groups excluding carboxylic acids is 3. The van der Waals surface area contributed by atoms with E-state index in [0.717, 1.165) is 10.4 Å². The van der Waals surface area contributed by atoms with E-state index < -0.39 is 17.9 Å². The lowest BCUT2D eigenvalue weighted by Crippen LogP contribution is -2.36. The van der Waals surface area contributed by atoms with E-state index in [0.29, 0.717) is 17.8 Å². The number of nitrogens with one attached hydrogen (secondary N) is 2. The molecule has 10 heteroatoms. The predicted molar refractivity (Wildman–Crippen MR) is 134 cm³/mol. The van der Waals surface area contributed by atoms with Crippen LogP contribution in [0.2, 0.25) is 0 Å². The molecule has 1 saturated heterocycles. The number of anilines is 1. The molecule has 2 unspecified atom stereocenters. The van der Waals surface area contributed by atoms with Crippen LogP contribution in [0.15, 0.2) is 66.3 Å². The van der Waals surface area contributed by atoms with Gasteiger partial charge in [-0.2, -0.15) is 0 Å². The van der Waals surface area contributed by atoms with Gasteiger partial charge in [0.2, 0.25) is 17.7 Å². The van der Waals surface area contributed by atoms with Gasteiger partial charge in [-0.15, -0.1) is 11.3 Å². The summed E-state index contributed by atoms with van der Waals surface area (Å²) in [4.78, 5) is 56.0. The van der Waals surface area contributed by atoms with Crippen molar-refractivity contribution in [3.63, 3.8) is 0 Å². The molecule has 0 radical (unpaired) electrons. The molecule has 4 rings (SSSR count). The van der Waals surface area contributed by atoms with Gasteiger partial charge >= 0.3 is 5.97 Å². The van der Waals surface area contributed by atoms with Gasteiger partial charge < -0.3 is 20.6 Å². The van der Waals surface area contributed by atoms with Gasteiger partial charge in [0.25, 0.3) is 0 Å². The lowest BCUT2D eigenvalue weighted by molar-refractivity contribution is -0.138. The van der Waals surface area contributed by atoms with Crippen molar-refractivity contribution in [1.29, 1.82) is 0 Å². The number of aliphatic carboxylic acids is 1. The quantitative estimate of drug-likeness (QED) is 0.388. The summed E-state index contributed by atoms with van der Waals surface area (Å²) in [7, 11) is 0. The van der Waals surface area contributed by atoms with Gasteiger partial charge in [-0.05, 0) is 40.8 Å². The third-order valence-electron chi connectivity index (χ3n) is 5.90. The van der Waals surface area contributed by atoms with E-state index in [2.05, 4.69) is 15.6 Å². The van der Waals surface area contributed by atoms with Crippen LogP contribution in [0.3, 0.4) is 0 Å². The molecule has 3 amide bonds. The smallest absolute Gasteiger partial charge is 0.305 e. The Bertz CT molecular complexity index is 1230. The normalized spacial score (nSPS) is 15.9. The zero-order chi connectivity index (χ0) is 25.5. The number of carboxylic acid groups (broad SMARTS) is 1. The standard InChI is InChI=1S/C26H26N4O5S/c31-23(28-15-21-7-3-9-36-21)11-17-4-1-6-20(10-17)30-16-19(12-24(30)32)26(35)29-22(13-25(33)34)18-5-2-8-27-14-18/h1-10,14,19,22H,11-13,15-16H2,(H,28,31)(H,29,35)(H,33,34). The largest absolute Gasteiger partial charge is 0.481 e. The Balaban J connectivity index is 1.37. The molecule has 0 aliphatic carbocycles. The van der Waals surface area contributed by atoms with E-state index in [1.165, 1.54) is 11.1 Å². The number of thiophene rings is 1. The van der Waals surface area contributed by atoms with Gasteiger partial charge in [0.15, 0.2) is 0 Å². The van der Waals surface area contributed by atoms with Crippen LogP contribution in [-0.2, 0) is 32.1 Å². The fourth-order valence-corrected chi connectivity index (χ4v) is 4.76. The monoisotopic (exact) mass is 506 g/mol. The molecule has 1 aromatic carbocycles. The molecule has 36 heavy (non-hydrogen) atoms. The Morgan fingerprint density at radius 2 is 2.03 bits per heavy atom. The first-order valence-corrected chi connectivity index (χ1v) is 12.4. The van der Waals surface area contributed by atoms with E-state index in [1.807, 2.05) is 23.6 Å². The zero-order valence-corrected chi connectivity index (χ0v) is 20.2. The molecule has 0 saturated carbocycles. The fraction of sp³-hybridized carbons (Fsp3) is 0.269. The van der Waals surface area contributed by atoms with Gasteiger partial charge in [0, 0.05) is 35.9 Å². The molecule has 1 fully saturated rings. The SMILES string of the molecule is O=C(O)CC(NC(=O)C1CC(=O)N(c2cccc(CC(=O)NCc3cccs3)c2)C1)c1cccnc1. The summed E-state index contributed by atoms with van der Waals surface area (Å²) in [6.07, 6.45) is 2.98. The Kier molecular flexibility index (Phi) is 8.06. The third kappa shape index (κ3) is 6.54. The van der Waals surface area contributed by atoms with Crippen LogP contribution in [-0.4, -0.2) is 40.3 Å². The van der Waals surface area contributed by atoms with Gasteiger partial charge in [-0.3, -0.25) is 24.2 Å². The molecule has 2 atom stereocenters. The minimum Gasteiger partial charge on any atom is -0.481 e. The fourth-order valence-electron chi connectivity index (χ4n) is 4.11. The van der Waals surface area contributed by atoms with E-state index in [1.54, 1.807) is 47.9 Å². The summed E-state index contributed by atoms with van der Waals surface area (Å²) in [5.74, 6) is -2.38. The number of pyridine rings is 1. The molecule has 9 nitrogen and oxygen atoms in total. The first-order chi connectivity index (χ1) is 17.4. The Hall–Kier alpha value is -4.05. The Labute approximate surface area is 212 Å². The summed E-state index contributed by atoms with van der Waals surface area (Å²) in [6, 6.07) is 13.7. The maximum absolute atomic E-state index is 13.0. The number of hydrogen-bond acceptors (Lipinski definition) is 6. The average molecular weight is 507 g/mol. The number of aromatic nitrogens is 1. The molecule has 3 N–H and O–H groups in total. The average Bonchev–Trinajstić information content (AvgIpc) is 3.52. The van der Waals surface area contributed by atoms with E-state index in [9.17, 15) is 24.3 Å². The Morgan fingerprint density at radius 1 is 1.17 bits per heavy atom. The summed E-state index contributed by atoms with van der Waals surface area (Å²) >= 11 is 1.57. The highest BCUT2D eigenvalue weighted by Gasteiger charge is 2.36. The van der Waals surface area contributed by atoms with Crippen molar-refractivity contribution < 1.29 is 24.3 Å². The number of hydrogen-bond donors (Lipinski definition) is 3. The molecule has 186 valence electrons. The zero-order valence-electron chi connectivity index (χ0n) is 19.4. The van der Waals surface area contributed by atoms with Crippen molar-refractivity contribution in [3.8, 4) is 0 Å². The van der Waals surface area contributed by atoms with Crippen molar-refractivity contribution in [1.82, 2.24) is 15.6 Å². The number of benzene rings is 1. The van der Waals surface area contributed by atoms with Crippen LogP contribution >= 0.6 is 11.3 Å². The van der Waals surface area contributed by atoms with E-state index in [-0.39, 0.29) is 43.5 Å². The molecule has 3 aromatic rings. The number of amides is 3. The molecule has 0 bridgehead atoms. The maximum atomic E-state index is 13.0. The molecule has 3 heterocycles. The van der Waals surface area contributed by atoms with Crippen LogP contribution in [0.25, 0.3) is 0 Å². The first kappa shape index (κ1) is 25.1. The van der Waals surface area contributed by atoms with Gasteiger partial charge in [-0.1, -0.05) is 24.3 Å². The van der Waals surface area contributed by atoms with Crippen molar-refractivity contribution in [2.45, 2.75) is 31.8 Å². The lowest BCUT2D eigenvalue weighted by Gasteiger charge is -2.20. The highest BCUT2D eigenvalue weighted by Crippen LogP contribution is 2.27. The van der Waals surface area contributed by atoms with Crippen molar-refractivity contribution in [3.05, 3.63) is 82.3 Å². The molecule has 0 spiro atoms. The first-order valence-electron chi connectivity index (χ1n) is 11.5. The number of carboxylic acids is 1. The molecular weight excluding hydrogens is 480 g/mol. The van der Waals surface area contributed by atoms with Crippen LogP contribution < -0.4 is 15.5 Å². The molecule has 2 aromatic heterocycles. The van der Waals surface area contributed by atoms with Gasteiger partial charge in [-0.25, -0.2) is 0 Å². The summed E-state index contributed by atoms with van der Waals surface area (Å²) < 4.78 is 0. The van der Waals surface area contributed by atoms with Crippen molar-refractivity contribution in [2.24, 2.45) is 5.92 Å². The lowest BCUT2D eigenvalue weighted by atomic mass is 10.0. The van der Waals surface area contributed by atoms with Crippen molar-refractivity contribution in [2.75, 3.05) is 11.4 Å². The van der Waals surface area contributed by atoms with Gasteiger partial charge in [0.1, 0.15) is 0 Å². The topological polar surface area (TPSA) is 129 Å². The second-order valence-electron chi connectivity index (χ2n) is 8.55. The number of rotatable bonds is 10. The van der Waals surface area contributed by atoms with Crippen LogP contribution in [0.1, 0.15) is 34.9 Å². The van der Waals surface area contributed by atoms with Crippen LogP contribution in [0.5, 0.6) is 0 Å². The molecular formula is C26H26N4O5S. The highest BCUT2D eigenvalue weighted by molar-refractivity contribution is 7.09. The minimum absolute atomic E-state index is 0.0180. The maximum Gasteiger partial charge on any atom is 0.305 e. The van der Waals surface area contributed by atoms with Gasteiger partial charge in [0.05, 0.1) is 31.3 Å². The minimum atomic E-state index is -1.05. The number of nitrogens with zero attached hydrogens (tertiary/aromatic N) is 2. The van der Waals surface area contributed by atoms with E-state index in [4.69, 9.17) is 0 Å². The molecule has 1 aliphatic heterocycles. The summed E-state index contributed by atoms with van der Waals surface area (Å²) in [5, 5.41) is 16.9. The van der Waals surface area contributed by atoms with Crippen molar-refractivity contribution >= 4 is 40.7 Å². The van der Waals surface area contributed by atoms with E-state index >= 15 is 0 Å². The van der Waals surface area contributed by atoms with Crippen LogP contribution in [0.4, 0.5) is 5.69 Å². The molecule has 1 aliphatic rings. The second kappa shape index (κ2) is 11.6. The van der Waals surface area contributed by atoms with Crippen LogP contribution in [0, 0.1) is 5.92 Å².